The van der Waals surface area contributed by atoms with E-state index in [1.807, 2.05) is 6.92 Å². The van der Waals surface area contributed by atoms with Crippen molar-refractivity contribution in [3.8, 4) is 5.75 Å². The topological polar surface area (TPSA) is 68.4 Å². The number of rotatable bonds is 5. The Morgan fingerprint density at radius 1 is 1.53 bits per heavy atom. The Morgan fingerprint density at radius 3 is 2.87 bits per heavy atom. The van der Waals surface area contributed by atoms with Gasteiger partial charge in [-0.15, -0.1) is 0 Å². The maximum Gasteiger partial charge on any atom is 0.137 e. The molecule has 1 aromatic heterocycles. The highest BCUT2D eigenvalue weighted by atomic mass is 16.5. The third kappa shape index (κ3) is 3.18. The molecular weight excluding hydrogens is 192 g/mol. The van der Waals surface area contributed by atoms with Gasteiger partial charge < -0.3 is 15.6 Å². The number of nitrogens with two attached hydrogens (primary N) is 1. The molecule has 0 bridgehead atoms. The van der Waals surface area contributed by atoms with Crippen LogP contribution in [0.25, 0.3) is 0 Å². The molecule has 0 amide bonds. The number of nitrogens with zero attached hydrogens (tertiary/aromatic N) is 1. The number of aromatic nitrogens is 1. The van der Waals surface area contributed by atoms with Gasteiger partial charge in [-0.25, -0.2) is 0 Å². The zero-order valence-corrected chi connectivity index (χ0v) is 9.23. The fraction of sp³-hybridized carbons (Fsp3) is 0.545. The van der Waals surface area contributed by atoms with Gasteiger partial charge in [-0.1, -0.05) is 0 Å². The van der Waals surface area contributed by atoms with Crippen LogP contribution >= 0.6 is 0 Å². The standard InChI is InChI=1S/C11H18N2O2/c1-3-15-10-6-9(7-13-8-10)11(2,14)4-5-12/h6-8,14H,3-5,12H2,1-2H3. The van der Waals surface area contributed by atoms with Crippen molar-refractivity contribution in [3.63, 3.8) is 0 Å². The highest BCUT2D eigenvalue weighted by molar-refractivity contribution is 5.27. The molecule has 1 heterocycles. The van der Waals surface area contributed by atoms with Crippen molar-refractivity contribution in [2.45, 2.75) is 25.9 Å². The van der Waals surface area contributed by atoms with Crippen LogP contribution in [-0.2, 0) is 5.60 Å². The van der Waals surface area contributed by atoms with Crippen LogP contribution in [0, 0.1) is 0 Å². The van der Waals surface area contributed by atoms with Crippen molar-refractivity contribution in [2.24, 2.45) is 5.73 Å². The molecule has 0 aliphatic heterocycles. The fourth-order valence-electron chi connectivity index (χ4n) is 1.38. The van der Waals surface area contributed by atoms with Gasteiger partial charge in [0.15, 0.2) is 0 Å². The predicted molar refractivity (Wildman–Crippen MR) is 58.6 cm³/mol. The molecule has 1 unspecified atom stereocenters. The van der Waals surface area contributed by atoms with Crippen molar-refractivity contribution in [3.05, 3.63) is 24.0 Å². The normalized spacial score (nSPS) is 14.7. The van der Waals surface area contributed by atoms with E-state index in [9.17, 15) is 5.11 Å². The summed E-state index contributed by atoms with van der Waals surface area (Å²) in [7, 11) is 0. The van der Waals surface area contributed by atoms with Gasteiger partial charge in [0.05, 0.1) is 18.4 Å². The number of pyridine rings is 1. The lowest BCUT2D eigenvalue weighted by atomic mass is 9.94. The fourth-order valence-corrected chi connectivity index (χ4v) is 1.38. The molecule has 4 heteroatoms. The molecule has 0 aromatic carbocycles. The first-order valence-electron chi connectivity index (χ1n) is 5.11. The second kappa shape index (κ2) is 5.09. The van der Waals surface area contributed by atoms with Crippen LogP contribution in [0.2, 0.25) is 0 Å². The molecule has 0 spiro atoms. The summed E-state index contributed by atoms with van der Waals surface area (Å²) in [6.07, 6.45) is 3.77. The maximum absolute atomic E-state index is 10.1. The molecule has 0 aliphatic carbocycles. The van der Waals surface area contributed by atoms with E-state index in [4.69, 9.17) is 10.5 Å². The van der Waals surface area contributed by atoms with Crippen LogP contribution in [0.4, 0.5) is 0 Å². The van der Waals surface area contributed by atoms with Gasteiger partial charge in [0.25, 0.3) is 0 Å². The lowest BCUT2D eigenvalue weighted by Crippen LogP contribution is -2.25. The summed E-state index contributed by atoms with van der Waals surface area (Å²) in [5, 5.41) is 10.1. The van der Waals surface area contributed by atoms with Gasteiger partial charge in [-0.05, 0) is 32.9 Å². The number of ether oxygens (including phenoxy) is 1. The monoisotopic (exact) mass is 210 g/mol. The lowest BCUT2D eigenvalue weighted by molar-refractivity contribution is 0.0498. The van der Waals surface area contributed by atoms with Gasteiger partial charge in [0.2, 0.25) is 0 Å². The number of hydrogen-bond acceptors (Lipinski definition) is 4. The minimum Gasteiger partial charge on any atom is -0.492 e. The Labute approximate surface area is 90.1 Å². The Morgan fingerprint density at radius 2 is 2.27 bits per heavy atom. The average molecular weight is 210 g/mol. The SMILES string of the molecule is CCOc1cncc(C(C)(O)CCN)c1. The summed E-state index contributed by atoms with van der Waals surface area (Å²) in [5.74, 6) is 0.673. The van der Waals surface area contributed by atoms with Crippen molar-refractivity contribution in [1.29, 1.82) is 0 Å². The van der Waals surface area contributed by atoms with Gasteiger partial charge in [0.1, 0.15) is 5.75 Å². The van der Waals surface area contributed by atoms with Crippen LogP contribution in [0.15, 0.2) is 18.5 Å². The molecule has 1 atom stereocenters. The number of aliphatic hydroxyl groups is 1. The molecule has 4 nitrogen and oxygen atoms in total. The van der Waals surface area contributed by atoms with Crippen molar-refractivity contribution in [2.75, 3.05) is 13.2 Å². The third-order valence-electron chi connectivity index (χ3n) is 2.28. The Kier molecular flexibility index (Phi) is 4.05. The van der Waals surface area contributed by atoms with E-state index >= 15 is 0 Å². The quantitative estimate of drug-likeness (QED) is 0.761. The first kappa shape index (κ1) is 11.9. The largest absolute Gasteiger partial charge is 0.492 e. The Hall–Kier alpha value is -1.13. The van der Waals surface area contributed by atoms with Crippen LogP contribution in [-0.4, -0.2) is 23.2 Å². The van der Waals surface area contributed by atoms with Gasteiger partial charge in [-0.2, -0.15) is 0 Å². The molecular formula is C11H18N2O2. The molecule has 0 radical (unpaired) electrons. The molecule has 3 N–H and O–H groups in total. The molecule has 0 saturated carbocycles. The van der Waals surface area contributed by atoms with Gasteiger partial charge in [0, 0.05) is 11.8 Å². The van der Waals surface area contributed by atoms with Crippen LogP contribution in [0.1, 0.15) is 25.8 Å². The summed E-state index contributed by atoms with van der Waals surface area (Å²) in [4.78, 5) is 4.03. The summed E-state index contributed by atoms with van der Waals surface area (Å²) in [5.41, 5.74) is 5.24. The second-order valence-electron chi connectivity index (χ2n) is 3.65. The molecule has 0 aliphatic rings. The first-order valence-corrected chi connectivity index (χ1v) is 5.11. The Balaban J connectivity index is 2.88. The maximum atomic E-state index is 10.1. The summed E-state index contributed by atoms with van der Waals surface area (Å²) < 4.78 is 5.31. The summed E-state index contributed by atoms with van der Waals surface area (Å²) >= 11 is 0. The highest BCUT2D eigenvalue weighted by Gasteiger charge is 2.22. The Bertz CT molecular complexity index is 313. The number of hydrogen-bond donors (Lipinski definition) is 2. The molecule has 1 rings (SSSR count). The third-order valence-corrected chi connectivity index (χ3v) is 2.28. The minimum absolute atomic E-state index is 0.436. The van der Waals surface area contributed by atoms with Gasteiger partial charge >= 0.3 is 0 Å². The molecule has 1 aromatic rings. The van der Waals surface area contributed by atoms with Crippen molar-refractivity contribution >= 4 is 0 Å². The van der Waals surface area contributed by atoms with E-state index in [2.05, 4.69) is 4.98 Å². The van der Waals surface area contributed by atoms with E-state index in [1.165, 1.54) is 0 Å². The van der Waals surface area contributed by atoms with E-state index < -0.39 is 5.60 Å². The zero-order valence-electron chi connectivity index (χ0n) is 9.23. The molecule has 84 valence electrons. The lowest BCUT2D eigenvalue weighted by Gasteiger charge is -2.23. The molecule has 0 fully saturated rings. The minimum atomic E-state index is -0.936. The molecule has 0 saturated heterocycles. The van der Waals surface area contributed by atoms with Crippen LogP contribution < -0.4 is 10.5 Å². The van der Waals surface area contributed by atoms with E-state index in [-0.39, 0.29) is 0 Å². The van der Waals surface area contributed by atoms with Crippen LogP contribution in [0.3, 0.4) is 0 Å². The van der Waals surface area contributed by atoms with E-state index in [0.29, 0.717) is 25.3 Å². The van der Waals surface area contributed by atoms with Crippen molar-refractivity contribution < 1.29 is 9.84 Å². The highest BCUT2D eigenvalue weighted by Crippen LogP contribution is 2.25. The first-order chi connectivity index (χ1) is 7.10. The van der Waals surface area contributed by atoms with E-state index in [0.717, 1.165) is 5.56 Å². The average Bonchev–Trinajstić information content (AvgIpc) is 2.19. The van der Waals surface area contributed by atoms with Crippen molar-refractivity contribution in [1.82, 2.24) is 4.98 Å². The zero-order chi connectivity index (χ0) is 11.3. The van der Waals surface area contributed by atoms with E-state index in [1.54, 1.807) is 25.4 Å². The summed E-state index contributed by atoms with van der Waals surface area (Å²) in [6.45, 7) is 4.66. The smallest absolute Gasteiger partial charge is 0.137 e. The van der Waals surface area contributed by atoms with Crippen LogP contribution in [0.5, 0.6) is 5.75 Å². The predicted octanol–water partition coefficient (Wildman–Crippen LogP) is 1.04. The van der Waals surface area contributed by atoms with Gasteiger partial charge in [-0.3, -0.25) is 4.98 Å². The molecule has 15 heavy (non-hydrogen) atoms. The second-order valence-corrected chi connectivity index (χ2v) is 3.65. The summed E-state index contributed by atoms with van der Waals surface area (Å²) in [6, 6.07) is 1.80.